The Morgan fingerprint density at radius 1 is 1.11 bits per heavy atom. The van der Waals surface area contributed by atoms with Crippen LogP contribution in [0.15, 0.2) is 0 Å². The quantitative estimate of drug-likeness (QED) is 0.496. The molecule has 0 aromatic rings. The van der Waals surface area contributed by atoms with Gasteiger partial charge in [0.15, 0.2) is 0 Å². The summed E-state index contributed by atoms with van der Waals surface area (Å²) in [6.07, 6.45) is 1.44. The number of hydrogen-bond acceptors (Lipinski definition) is 1. The fraction of sp³-hybridized carbons (Fsp3) is 1.00. The second-order valence-electron chi connectivity index (χ2n) is 3.21. The Bertz CT molecular complexity index is 67.3. The summed E-state index contributed by atoms with van der Waals surface area (Å²) in [5.41, 5.74) is 0. The van der Waals surface area contributed by atoms with E-state index in [4.69, 9.17) is 0 Å². The van der Waals surface area contributed by atoms with E-state index in [2.05, 4.69) is 19.2 Å². The van der Waals surface area contributed by atoms with Crippen LogP contribution < -0.4 is 5.32 Å². The third-order valence-electron chi connectivity index (χ3n) is 1.94. The van der Waals surface area contributed by atoms with Gasteiger partial charge in [0.25, 0.3) is 0 Å². The van der Waals surface area contributed by atoms with Crippen LogP contribution in [0.25, 0.3) is 0 Å². The van der Waals surface area contributed by atoms with Gasteiger partial charge in [0, 0.05) is 11.8 Å². The van der Waals surface area contributed by atoms with Gasteiger partial charge in [-0.1, -0.05) is 13.8 Å². The monoisotopic (exact) mass is 131 g/mol. The molecule has 1 aliphatic heterocycles. The van der Waals surface area contributed by atoms with Crippen molar-refractivity contribution >= 4 is 0 Å². The first-order chi connectivity index (χ1) is 3.79. The van der Waals surface area contributed by atoms with Crippen molar-refractivity contribution in [2.75, 3.05) is 13.1 Å². The second kappa shape index (κ2) is 3.85. The molecule has 0 amide bonds. The van der Waals surface area contributed by atoms with E-state index in [-0.39, 0.29) is 5.48 Å². The first-order valence-electron chi connectivity index (χ1n) is 3.60. The summed E-state index contributed by atoms with van der Waals surface area (Å²) in [7, 11) is 0. The van der Waals surface area contributed by atoms with Gasteiger partial charge < -0.3 is 10.8 Å². The molecule has 1 aliphatic rings. The molecule has 3 N–H and O–H groups in total. The van der Waals surface area contributed by atoms with Gasteiger partial charge in [-0.3, -0.25) is 0 Å². The van der Waals surface area contributed by atoms with Gasteiger partial charge in [-0.05, 0) is 6.42 Å². The van der Waals surface area contributed by atoms with E-state index in [0.29, 0.717) is 0 Å². The van der Waals surface area contributed by atoms with Gasteiger partial charge in [-0.15, -0.1) is 0 Å². The van der Waals surface area contributed by atoms with Crippen LogP contribution in [-0.4, -0.2) is 18.6 Å². The van der Waals surface area contributed by atoms with E-state index in [1.807, 2.05) is 0 Å². The van der Waals surface area contributed by atoms with Crippen molar-refractivity contribution in [3.63, 3.8) is 0 Å². The maximum Gasteiger partial charge on any atom is 0.0781 e. The van der Waals surface area contributed by atoms with Crippen LogP contribution in [0.4, 0.5) is 0 Å². The average Bonchev–Trinajstić information content (AvgIpc) is 1.64. The highest BCUT2D eigenvalue weighted by Crippen LogP contribution is 2.10. The zero-order valence-electron chi connectivity index (χ0n) is 6.30. The van der Waals surface area contributed by atoms with Crippen molar-refractivity contribution in [3.05, 3.63) is 0 Å². The van der Waals surface area contributed by atoms with Crippen LogP contribution in [-0.2, 0) is 0 Å². The predicted octanol–water partition coefficient (Wildman–Crippen LogP) is 0.0489. The summed E-state index contributed by atoms with van der Waals surface area (Å²) in [6.45, 7) is 7.38. The van der Waals surface area contributed by atoms with E-state index < -0.39 is 0 Å². The fourth-order valence-electron chi connectivity index (χ4n) is 1.54. The zero-order chi connectivity index (χ0) is 5.98. The minimum Gasteiger partial charge on any atom is -0.870 e. The Morgan fingerprint density at radius 2 is 1.56 bits per heavy atom. The molecule has 1 saturated heterocycles. The minimum atomic E-state index is 0. The summed E-state index contributed by atoms with van der Waals surface area (Å²) < 4.78 is 0. The van der Waals surface area contributed by atoms with Gasteiger partial charge in [0.05, 0.1) is 13.1 Å². The lowest BCUT2D eigenvalue weighted by atomic mass is 9.94. The van der Waals surface area contributed by atoms with Crippen molar-refractivity contribution in [1.82, 2.24) is 0 Å². The molecule has 0 bridgehead atoms. The average molecular weight is 131 g/mol. The van der Waals surface area contributed by atoms with Crippen LogP contribution in [0.1, 0.15) is 20.3 Å². The van der Waals surface area contributed by atoms with Crippen molar-refractivity contribution < 1.29 is 10.8 Å². The molecule has 2 heteroatoms. The minimum absolute atomic E-state index is 0. The number of nitrogens with two attached hydrogens (primary N) is 1. The molecule has 1 rings (SSSR count). The van der Waals surface area contributed by atoms with E-state index in [9.17, 15) is 0 Å². The summed E-state index contributed by atoms with van der Waals surface area (Å²) in [6, 6.07) is 0. The lowest BCUT2D eigenvalue weighted by Crippen LogP contribution is -2.88. The SMILES string of the molecule is CC1C[NH2+]CC(C)C1.[OH-]. The Morgan fingerprint density at radius 3 is 1.78 bits per heavy atom. The van der Waals surface area contributed by atoms with Gasteiger partial charge in [-0.2, -0.15) is 0 Å². The summed E-state index contributed by atoms with van der Waals surface area (Å²) in [5, 5.41) is 2.43. The van der Waals surface area contributed by atoms with Crippen LogP contribution in [0.5, 0.6) is 0 Å². The lowest BCUT2D eigenvalue weighted by Gasteiger charge is -2.21. The van der Waals surface area contributed by atoms with Crippen molar-refractivity contribution in [3.8, 4) is 0 Å². The van der Waals surface area contributed by atoms with Crippen LogP contribution >= 0.6 is 0 Å². The molecule has 2 atom stereocenters. The van der Waals surface area contributed by atoms with Gasteiger partial charge in [0.2, 0.25) is 0 Å². The summed E-state index contributed by atoms with van der Waals surface area (Å²) in [5.74, 6) is 1.91. The van der Waals surface area contributed by atoms with Crippen LogP contribution in [0.2, 0.25) is 0 Å². The molecule has 0 aromatic heterocycles. The third kappa shape index (κ3) is 2.82. The molecule has 0 spiro atoms. The third-order valence-corrected chi connectivity index (χ3v) is 1.94. The summed E-state index contributed by atoms with van der Waals surface area (Å²) in [4.78, 5) is 0. The molecule has 0 saturated carbocycles. The molecular weight excluding hydrogens is 114 g/mol. The van der Waals surface area contributed by atoms with Gasteiger partial charge in [0.1, 0.15) is 0 Å². The first kappa shape index (κ1) is 8.92. The van der Waals surface area contributed by atoms with Crippen molar-refractivity contribution in [2.45, 2.75) is 20.3 Å². The Hall–Kier alpha value is -0.0800. The molecular formula is C7H17NO. The second-order valence-corrected chi connectivity index (χ2v) is 3.21. The molecule has 0 aromatic carbocycles. The van der Waals surface area contributed by atoms with Gasteiger partial charge >= 0.3 is 0 Å². The van der Waals surface area contributed by atoms with E-state index in [1.54, 1.807) is 0 Å². The number of hydrogen-bond donors (Lipinski definition) is 1. The highest BCUT2D eigenvalue weighted by molar-refractivity contribution is 4.59. The van der Waals surface area contributed by atoms with E-state index in [1.165, 1.54) is 19.5 Å². The molecule has 2 unspecified atom stereocenters. The van der Waals surface area contributed by atoms with Gasteiger partial charge in [-0.25, -0.2) is 0 Å². The van der Waals surface area contributed by atoms with Crippen molar-refractivity contribution in [1.29, 1.82) is 0 Å². The highest BCUT2D eigenvalue weighted by atomic mass is 16.0. The predicted molar refractivity (Wildman–Crippen MR) is 36.5 cm³/mol. The molecule has 1 heterocycles. The summed E-state index contributed by atoms with van der Waals surface area (Å²) >= 11 is 0. The maximum atomic E-state index is 2.43. The largest absolute Gasteiger partial charge is 0.870 e. The normalized spacial score (nSPS) is 35.3. The fourth-order valence-corrected chi connectivity index (χ4v) is 1.54. The molecule has 1 fully saturated rings. The smallest absolute Gasteiger partial charge is 0.0781 e. The maximum absolute atomic E-state index is 2.43. The Balaban J connectivity index is 0.000000640. The van der Waals surface area contributed by atoms with Crippen LogP contribution in [0.3, 0.4) is 0 Å². The standard InChI is InChI=1S/C7H15N.H2O/c1-6-3-7(2)5-8-4-6;/h6-8H,3-5H2,1-2H3;1H2. The van der Waals surface area contributed by atoms with Crippen LogP contribution in [0, 0.1) is 11.8 Å². The van der Waals surface area contributed by atoms with E-state index in [0.717, 1.165) is 11.8 Å². The topological polar surface area (TPSA) is 46.6 Å². The lowest BCUT2D eigenvalue weighted by molar-refractivity contribution is -0.674. The zero-order valence-corrected chi connectivity index (χ0v) is 6.30. The number of quaternary nitrogens is 1. The van der Waals surface area contributed by atoms with Crippen molar-refractivity contribution in [2.24, 2.45) is 11.8 Å². The first-order valence-corrected chi connectivity index (χ1v) is 3.60. The molecule has 9 heavy (non-hydrogen) atoms. The molecule has 0 aliphatic carbocycles. The number of piperidine rings is 1. The number of rotatable bonds is 0. The highest BCUT2D eigenvalue weighted by Gasteiger charge is 2.16. The van der Waals surface area contributed by atoms with E-state index >= 15 is 0 Å². The molecule has 56 valence electrons. The molecule has 2 nitrogen and oxygen atoms in total. The Labute approximate surface area is 57.0 Å². The molecule has 0 radical (unpaired) electrons. The Kier molecular flexibility index (Phi) is 3.82.